The van der Waals surface area contributed by atoms with Gasteiger partial charge in [-0.15, -0.1) is 0 Å². The Labute approximate surface area is 96.7 Å². The first-order chi connectivity index (χ1) is 7.07. The van der Waals surface area contributed by atoms with E-state index in [1.54, 1.807) is 24.9 Å². The number of Topliss-reactive ketones (excluding diaryl/α,β-unsaturated/α-hetero) is 1. The molecule has 1 rings (SSSR count). The molecule has 1 aromatic rings. The predicted octanol–water partition coefficient (Wildman–Crippen LogP) is 0.822. The van der Waals surface area contributed by atoms with Crippen molar-refractivity contribution in [3.8, 4) is 0 Å². The summed E-state index contributed by atoms with van der Waals surface area (Å²) in [5.41, 5.74) is 6.05. The van der Waals surface area contributed by atoms with E-state index in [-0.39, 0.29) is 5.78 Å². The van der Waals surface area contributed by atoms with Crippen molar-refractivity contribution in [3.05, 3.63) is 16.4 Å². The van der Waals surface area contributed by atoms with E-state index in [4.69, 9.17) is 10.5 Å². The van der Waals surface area contributed by atoms with Gasteiger partial charge in [0, 0.05) is 7.11 Å². The monoisotopic (exact) mass is 275 g/mol. The fourth-order valence-electron chi connectivity index (χ4n) is 1.17. The van der Waals surface area contributed by atoms with Crippen molar-refractivity contribution >= 4 is 21.7 Å². The van der Waals surface area contributed by atoms with Crippen LogP contribution in [0.25, 0.3) is 0 Å². The predicted molar refractivity (Wildman–Crippen MR) is 59.8 cm³/mol. The van der Waals surface area contributed by atoms with E-state index in [2.05, 4.69) is 21.0 Å². The van der Waals surface area contributed by atoms with Crippen LogP contribution in [-0.4, -0.2) is 35.3 Å². The van der Waals surface area contributed by atoms with Gasteiger partial charge in [-0.05, 0) is 22.9 Å². The summed E-state index contributed by atoms with van der Waals surface area (Å²) in [6.45, 7) is 2.70. The summed E-state index contributed by atoms with van der Waals surface area (Å²) < 4.78 is 7.20. The maximum Gasteiger partial charge on any atom is 0.198 e. The fraction of sp³-hybridized carbons (Fsp3) is 0.556. The van der Waals surface area contributed by atoms with Crippen LogP contribution in [0.4, 0.5) is 0 Å². The number of hydrogen-bond acceptors (Lipinski definition) is 4. The van der Waals surface area contributed by atoms with Crippen LogP contribution in [0.1, 0.15) is 17.4 Å². The van der Waals surface area contributed by atoms with Crippen molar-refractivity contribution in [3.63, 3.8) is 0 Å². The molecular weight excluding hydrogens is 262 g/mol. The average Bonchev–Trinajstić information content (AvgIpc) is 2.55. The van der Waals surface area contributed by atoms with Crippen LogP contribution in [0, 0.1) is 0 Å². The second kappa shape index (κ2) is 5.39. The molecule has 84 valence electrons. The highest BCUT2D eigenvalue weighted by atomic mass is 79.9. The van der Waals surface area contributed by atoms with Crippen molar-refractivity contribution < 1.29 is 9.53 Å². The van der Waals surface area contributed by atoms with E-state index in [9.17, 15) is 4.79 Å². The normalized spacial score (nSPS) is 12.8. The number of nitrogens with two attached hydrogens (primary N) is 1. The molecule has 0 saturated heterocycles. The van der Waals surface area contributed by atoms with Crippen molar-refractivity contribution in [1.82, 2.24) is 9.78 Å². The molecule has 0 saturated carbocycles. The van der Waals surface area contributed by atoms with Crippen LogP contribution in [0.3, 0.4) is 0 Å². The molecule has 6 heteroatoms. The van der Waals surface area contributed by atoms with Crippen LogP contribution < -0.4 is 5.73 Å². The number of ether oxygens (including phenoxy) is 1. The highest BCUT2D eigenvalue weighted by Crippen LogP contribution is 2.17. The van der Waals surface area contributed by atoms with E-state index >= 15 is 0 Å². The minimum Gasteiger partial charge on any atom is -0.383 e. The number of carbonyl (C=O) groups excluding carboxylic acids is 1. The molecule has 0 aliphatic heterocycles. The van der Waals surface area contributed by atoms with E-state index in [1.807, 2.05) is 0 Å². The summed E-state index contributed by atoms with van der Waals surface area (Å²) in [6.07, 6.45) is 1.59. The zero-order valence-electron chi connectivity index (χ0n) is 8.74. The Morgan fingerprint density at radius 3 is 3.00 bits per heavy atom. The molecule has 1 heterocycles. The van der Waals surface area contributed by atoms with Gasteiger partial charge in [0.15, 0.2) is 5.78 Å². The minimum atomic E-state index is -0.528. The summed E-state index contributed by atoms with van der Waals surface area (Å²) >= 11 is 3.28. The van der Waals surface area contributed by atoms with Gasteiger partial charge >= 0.3 is 0 Å². The number of carbonyl (C=O) groups is 1. The highest BCUT2D eigenvalue weighted by molar-refractivity contribution is 9.10. The molecule has 1 aromatic heterocycles. The Hall–Kier alpha value is -0.720. The molecule has 5 nitrogen and oxygen atoms in total. The van der Waals surface area contributed by atoms with E-state index in [1.165, 1.54) is 0 Å². The second-order valence-corrected chi connectivity index (χ2v) is 4.06. The smallest absolute Gasteiger partial charge is 0.198 e. The van der Waals surface area contributed by atoms with Gasteiger partial charge in [0.2, 0.25) is 0 Å². The fourth-order valence-corrected chi connectivity index (χ4v) is 1.66. The Morgan fingerprint density at radius 2 is 2.47 bits per heavy atom. The Kier molecular flexibility index (Phi) is 4.44. The molecule has 0 aliphatic rings. The maximum atomic E-state index is 11.8. The van der Waals surface area contributed by atoms with Gasteiger partial charge in [0.1, 0.15) is 5.69 Å². The third-order valence-electron chi connectivity index (χ3n) is 1.95. The molecule has 0 radical (unpaired) electrons. The molecule has 0 aromatic carbocycles. The van der Waals surface area contributed by atoms with Crippen LogP contribution >= 0.6 is 15.9 Å². The van der Waals surface area contributed by atoms with Crippen LogP contribution in [0.2, 0.25) is 0 Å². The van der Waals surface area contributed by atoms with Crippen LogP contribution in [0.5, 0.6) is 0 Å². The van der Waals surface area contributed by atoms with Crippen molar-refractivity contribution in [2.45, 2.75) is 19.5 Å². The lowest BCUT2D eigenvalue weighted by atomic mass is 10.2. The Morgan fingerprint density at radius 1 is 1.80 bits per heavy atom. The lowest BCUT2D eigenvalue weighted by molar-refractivity contribution is 0.0953. The molecular formula is C9H14BrN3O2. The first kappa shape index (κ1) is 12.4. The summed E-state index contributed by atoms with van der Waals surface area (Å²) in [5, 5.41) is 4.07. The molecule has 0 aliphatic carbocycles. The zero-order valence-corrected chi connectivity index (χ0v) is 10.3. The third-order valence-corrected chi connectivity index (χ3v) is 2.53. The van der Waals surface area contributed by atoms with Crippen molar-refractivity contribution in [1.29, 1.82) is 0 Å². The molecule has 0 bridgehead atoms. The summed E-state index contributed by atoms with van der Waals surface area (Å²) in [7, 11) is 1.60. The van der Waals surface area contributed by atoms with E-state index in [0.29, 0.717) is 23.3 Å². The van der Waals surface area contributed by atoms with Gasteiger partial charge in [0.05, 0.1) is 29.9 Å². The quantitative estimate of drug-likeness (QED) is 0.808. The second-order valence-electron chi connectivity index (χ2n) is 3.21. The number of ketones is 1. The van der Waals surface area contributed by atoms with Gasteiger partial charge in [-0.2, -0.15) is 5.10 Å². The maximum absolute atomic E-state index is 11.8. The molecule has 1 unspecified atom stereocenters. The number of halogens is 1. The third kappa shape index (κ3) is 2.87. The number of methoxy groups -OCH3 is 1. The molecule has 2 N–H and O–H groups in total. The molecule has 15 heavy (non-hydrogen) atoms. The Balaban J connectivity index is 2.93. The summed E-state index contributed by atoms with van der Waals surface area (Å²) in [5.74, 6) is -0.129. The summed E-state index contributed by atoms with van der Waals surface area (Å²) in [6, 6.07) is -0.528. The number of aromatic nitrogens is 2. The number of nitrogens with zero attached hydrogens (tertiary/aromatic N) is 2. The van der Waals surface area contributed by atoms with Gasteiger partial charge in [-0.25, -0.2) is 0 Å². The average molecular weight is 276 g/mol. The van der Waals surface area contributed by atoms with Gasteiger partial charge in [-0.3, -0.25) is 9.48 Å². The van der Waals surface area contributed by atoms with Gasteiger partial charge in [-0.1, -0.05) is 0 Å². The SMILES string of the molecule is COCCn1ncc(Br)c1C(=O)C(C)N. The molecule has 0 amide bonds. The topological polar surface area (TPSA) is 70.1 Å². The van der Waals surface area contributed by atoms with Gasteiger partial charge < -0.3 is 10.5 Å². The van der Waals surface area contributed by atoms with Crippen molar-refractivity contribution in [2.75, 3.05) is 13.7 Å². The standard InChI is InChI=1S/C9H14BrN3O2/c1-6(11)9(14)8-7(10)5-12-13(8)3-4-15-2/h5-6H,3-4,11H2,1-2H3. The Bertz CT molecular complexity index is 349. The van der Waals surface area contributed by atoms with Crippen molar-refractivity contribution in [2.24, 2.45) is 5.73 Å². The van der Waals surface area contributed by atoms with E-state index < -0.39 is 6.04 Å². The molecule has 1 atom stereocenters. The lowest BCUT2D eigenvalue weighted by Gasteiger charge is -2.08. The van der Waals surface area contributed by atoms with Gasteiger partial charge in [0.25, 0.3) is 0 Å². The van der Waals surface area contributed by atoms with Crippen LogP contribution in [0.15, 0.2) is 10.7 Å². The summed E-state index contributed by atoms with van der Waals surface area (Å²) in [4.78, 5) is 11.8. The lowest BCUT2D eigenvalue weighted by Crippen LogP contribution is -2.29. The first-order valence-electron chi connectivity index (χ1n) is 4.58. The van der Waals surface area contributed by atoms with E-state index in [0.717, 1.165) is 0 Å². The number of rotatable bonds is 5. The van der Waals surface area contributed by atoms with Crippen LogP contribution in [-0.2, 0) is 11.3 Å². The first-order valence-corrected chi connectivity index (χ1v) is 5.37. The highest BCUT2D eigenvalue weighted by Gasteiger charge is 2.19. The largest absolute Gasteiger partial charge is 0.383 e. The molecule has 0 fully saturated rings. The zero-order chi connectivity index (χ0) is 11.4. The number of hydrogen-bond donors (Lipinski definition) is 1. The minimum absolute atomic E-state index is 0.129. The molecule has 0 spiro atoms.